The third-order valence-corrected chi connectivity index (χ3v) is 9.09. The summed E-state index contributed by atoms with van der Waals surface area (Å²) in [5.74, 6) is -0.0950. The zero-order valence-electron chi connectivity index (χ0n) is 21.4. The molecule has 0 spiro atoms. The molecule has 0 aliphatic carbocycles. The van der Waals surface area contributed by atoms with E-state index >= 15 is 0 Å². The largest absolute Gasteiger partial charge is 0.480 e. The van der Waals surface area contributed by atoms with Crippen molar-refractivity contribution < 1.29 is 15.0 Å². The zero-order chi connectivity index (χ0) is 25.7. The lowest BCUT2D eigenvalue weighted by atomic mass is 9.84. The van der Waals surface area contributed by atoms with Crippen LogP contribution in [0.5, 0.6) is 0 Å². The maximum Gasteiger partial charge on any atom is 0.325 e. The number of piperidine rings is 1. The molecule has 2 N–H and O–H groups in total. The highest BCUT2D eigenvalue weighted by atomic mass is 32.1. The predicted octanol–water partition coefficient (Wildman–Crippen LogP) is 5.44. The molecule has 2 aliphatic rings. The number of benzene rings is 2. The van der Waals surface area contributed by atoms with E-state index in [1.54, 1.807) is 11.3 Å². The van der Waals surface area contributed by atoms with Crippen molar-refractivity contribution in [3.63, 3.8) is 0 Å². The van der Waals surface area contributed by atoms with E-state index in [9.17, 15) is 15.0 Å². The van der Waals surface area contributed by atoms with E-state index in [1.807, 2.05) is 36.4 Å². The summed E-state index contributed by atoms with van der Waals surface area (Å²) in [5, 5.41) is 25.7. The van der Waals surface area contributed by atoms with Crippen LogP contribution in [0.2, 0.25) is 0 Å². The van der Waals surface area contributed by atoms with Gasteiger partial charge in [-0.15, -0.1) is 0 Å². The predicted molar refractivity (Wildman–Crippen MR) is 149 cm³/mol. The van der Waals surface area contributed by atoms with E-state index < -0.39 is 17.6 Å². The first-order valence-corrected chi connectivity index (χ1v) is 14.5. The number of aryl methyl sites for hydroxylation is 1. The normalized spacial score (nSPS) is 23.2. The highest BCUT2D eigenvalue weighted by molar-refractivity contribution is 7.08. The molecule has 2 aromatic carbocycles. The van der Waals surface area contributed by atoms with Crippen molar-refractivity contribution in [1.82, 2.24) is 9.80 Å². The standard InChI is InChI=1S/C31H38N2O3S/c34-30(35)29(25-11-5-2-6-12-25)33-21-27(28(22-33)26-13-19-37-23-26)20-32-17-15-31(36,16-18-32)14-7-10-24-8-3-1-4-9-24/h1-6,8-9,11-13,19,23,27-29,36H,7,10,14-18,20-22H2,(H,34,35)/t27-,28+,29?/m1/s1. The van der Waals surface area contributed by atoms with Gasteiger partial charge in [0.1, 0.15) is 6.04 Å². The van der Waals surface area contributed by atoms with E-state index in [4.69, 9.17) is 0 Å². The van der Waals surface area contributed by atoms with Gasteiger partial charge in [-0.05, 0) is 71.5 Å². The van der Waals surface area contributed by atoms with Crippen LogP contribution >= 0.6 is 11.3 Å². The Bertz CT molecular complexity index is 1110. The summed E-state index contributed by atoms with van der Waals surface area (Å²) in [7, 11) is 0. The molecule has 3 atom stereocenters. The minimum atomic E-state index is -0.783. The fraction of sp³-hybridized carbons (Fsp3) is 0.452. The molecule has 3 heterocycles. The first-order chi connectivity index (χ1) is 18.0. The zero-order valence-corrected chi connectivity index (χ0v) is 22.2. The van der Waals surface area contributed by atoms with Crippen LogP contribution in [-0.4, -0.2) is 64.3 Å². The van der Waals surface area contributed by atoms with Gasteiger partial charge in [0.05, 0.1) is 5.60 Å². The summed E-state index contributed by atoms with van der Waals surface area (Å²) in [6, 6.07) is 21.7. The summed E-state index contributed by atoms with van der Waals surface area (Å²) in [5.41, 5.74) is 2.94. The van der Waals surface area contributed by atoms with Crippen LogP contribution in [0.25, 0.3) is 0 Å². The van der Waals surface area contributed by atoms with Crippen LogP contribution in [0.3, 0.4) is 0 Å². The highest BCUT2D eigenvalue weighted by Crippen LogP contribution is 2.39. The number of hydrogen-bond donors (Lipinski definition) is 2. The Morgan fingerprint density at radius 3 is 2.35 bits per heavy atom. The molecule has 5 rings (SSSR count). The van der Waals surface area contributed by atoms with Gasteiger partial charge < -0.3 is 15.1 Å². The molecule has 1 unspecified atom stereocenters. The first-order valence-electron chi connectivity index (χ1n) is 13.5. The molecule has 37 heavy (non-hydrogen) atoms. The molecule has 2 aliphatic heterocycles. The van der Waals surface area contributed by atoms with E-state index in [2.05, 4.69) is 50.9 Å². The third kappa shape index (κ3) is 6.50. The van der Waals surface area contributed by atoms with Crippen molar-refractivity contribution in [2.45, 2.75) is 49.7 Å². The van der Waals surface area contributed by atoms with Crippen LogP contribution in [0.4, 0.5) is 0 Å². The molecule has 1 aromatic heterocycles. The lowest BCUT2D eigenvalue weighted by Crippen LogP contribution is -2.46. The van der Waals surface area contributed by atoms with Crippen molar-refractivity contribution in [1.29, 1.82) is 0 Å². The number of aliphatic carboxylic acids is 1. The maximum absolute atomic E-state index is 12.3. The lowest BCUT2D eigenvalue weighted by molar-refractivity contribution is -0.143. The van der Waals surface area contributed by atoms with Crippen molar-refractivity contribution >= 4 is 17.3 Å². The van der Waals surface area contributed by atoms with Crippen molar-refractivity contribution in [2.75, 3.05) is 32.7 Å². The topological polar surface area (TPSA) is 64.0 Å². The second-order valence-electron chi connectivity index (χ2n) is 10.9. The van der Waals surface area contributed by atoms with Gasteiger partial charge in [-0.3, -0.25) is 9.69 Å². The van der Waals surface area contributed by atoms with Crippen LogP contribution in [0.1, 0.15) is 54.3 Å². The smallest absolute Gasteiger partial charge is 0.325 e. The summed E-state index contributed by atoms with van der Waals surface area (Å²) < 4.78 is 0. The number of thiophene rings is 1. The maximum atomic E-state index is 12.3. The molecule has 6 heteroatoms. The van der Waals surface area contributed by atoms with E-state index in [1.165, 1.54) is 11.1 Å². The second-order valence-corrected chi connectivity index (χ2v) is 11.7. The van der Waals surface area contributed by atoms with Gasteiger partial charge in [-0.2, -0.15) is 11.3 Å². The Kier molecular flexibility index (Phi) is 8.40. The molecule has 0 bridgehead atoms. The van der Waals surface area contributed by atoms with Crippen molar-refractivity contribution in [3.8, 4) is 0 Å². The van der Waals surface area contributed by atoms with Crippen LogP contribution in [0, 0.1) is 5.92 Å². The number of carboxylic acids is 1. The molecule has 5 nitrogen and oxygen atoms in total. The summed E-state index contributed by atoms with van der Waals surface area (Å²) in [6.45, 7) is 4.26. The van der Waals surface area contributed by atoms with E-state index in [0.717, 1.165) is 70.4 Å². The Balaban J connectivity index is 1.20. The number of carboxylic acid groups (broad SMARTS) is 1. The van der Waals surface area contributed by atoms with Gasteiger partial charge in [-0.25, -0.2) is 0 Å². The number of rotatable bonds is 10. The Morgan fingerprint density at radius 1 is 1.00 bits per heavy atom. The van der Waals surface area contributed by atoms with Gasteiger partial charge in [0.2, 0.25) is 0 Å². The lowest BCUT2D eigenvalue weighted by Gasteiger charge is -2.40. The Labute approximate surface area is 224 Å². The highest BCUT2D eigenvalue weighted by Gasteiger charge is 2.41. The SMILES string of the molecule is O=C(O)C(c1ccccc1)N1C[C@@H](CN2CCC(O)(CCCc3ccccc3)CC2)[C@H](c2ccsc2)C1. The molecule has 2 fully saturated rings. The number of aliphatic hydroxyl groups is 1. The molecule has 3 aromatic rings. The quantitative estimate of drug-likeness (QED) is 0.374. The van der Waals surface area contributed by atoms with Gasteiger partial charge in [0, 0.05) is 38.6 Å². The van der Waals surface area contributed by atoms with E-state index in [0.29, 0.717) is 11.8 Å². The minimum Gasteiger partial charge on any atom is -0.480 e. The average Bonchev–Trinajstić information content (AvgIpc) is 3.57. The van der Waals surface area contributed by atoms with Crippen LogP contribution < -0.4 is 0 Å². The number of hydrogen-bond acceptors (Lipinski definition) is 5. The van der Waals surface area contributed by atoms with Crippen molar-refractivity contribution in [2.24, 2.45) is 5.92 Å². The molecule has 0 radical (unpaired) electrons. The average molecular weight is 519 g/mol. The molecule has 196 valence electrons. The third-order valence-electron chi connectivity index (χ3n) is 8.38. The minimum absolute atomic E-state index is 0.323. The first kappa shape index (κ1) is 26.1. The monoisotopic (exact) mass is 518 g/mol. The summed E-state index contributed by atoms with van der Waals surface area (Å²) in [6.07, 6.45) is 4.49. The van der Waals surface area contributed by atoms with Gasteiger partial charge in [-0.1, -0.05) is 60.7 Å². The molecule has 0 saturated carbocycles. The molecule has 2 saturated heterocycles. The van der Waals surface area contributed by atoms with Crippen LogP contribution in [0.15, 0.2) is 77.5 Å². The second kappa shape index (κ2) is 11.9. The number of carbonyl (C=O) groups is 1. The van der Waals surface area contributed by atoms with Gasteiger partial charge in [0.15, 0.2) is 0 Å². The molecule has 0 amide bonds. The van der Waals surface area contributed by atoms with Gasteiger partial charge in [0.25, 0.3) is 0 Å². The molecular weight excluding hydrogens is 480 g/mol. The Hall–Kier alpha value is -2.51. The number of nitrogens with zero attached hydrogens (tertiary/aromatic N) is 2. The van der Waals surface area contributed by atoms with E-state index in [-0.39, 0.29) is 0 Å². The summed E-state index contributed by atoms with van der Waals surface area (Å²) >= 11 is 1.71. The molecular formula is C31H38N2O3S. The fourth-order valence-electron chi connectivity index (χ4n) is 6.31. The van der Waals surface area contributed by atoms with Crippen molar-refractivity contribution in [3.05, 3.63) is 94.2 Å². The Morgan fingerprint density at radius 2 is 1.70 bits per heavy atom. The summed E-state index contributed by atoms with van der Waals surface area (Å²) in [4.78, 5) is 17.0. The van der Waals surface area contributed by atoms with Crippen LogP contribution in [-0.2, 0) is 11.2 Å². The number of likely N-dealkylation sites (tertiary alicyclic amines) is 2. The van der Waals surface area contributed by atoms with Gasteiger partial charge >= 0.3 is 5.97 Å². The fourth-order valence-corrected chi connectivity index (χ4v) is 7.03.